The first-order chi connectivity index (χ1) is 14.0. The molecular weight excluding hydrogens is 458 g/mol. The summed E-state index contributed by atoms with van der Waals surface area (Å²) in [6.07, 6.45) is -0.0634. The molecule has 2 aliphatic rings. The molecule has 2 amide bonds. The van der Waals surface area contributed by atoms with E-state index in [2.05, 4.69) is 26.6 Å². The van der Waals surface area contributed by atoms with Crippen molar-refractivity contribution < 1.29 is 19.1 Å². The monoisotopic (exact) mass is 479 g/mol. The Morgan fingerprint density at radius 2 is 2.14 bits per heavy atom. The fourth-order valence-electron chi connectivity index (χ4n) is 3.67. The summed E-state index contributed by atoms with van der Waals surface area (Å²) in [7, 11) is 0. The molecule has 9 heteroatoms. The summed E-state index contributed by atoms with van der Waals surface area (Å²) < 4.78 is 11.8. The highest BCUT2D eigenvalue weighted by Gasteiger charge is 2.35. The van der Waals surface area contributed by atoms with Gasteiger partial charge in [-0.3, -0.25) is 4.79 Å². The van der Waals surface area contributed by atoms with Crippen molar-refractivity contribution in [2.45, 2.75) is 33.0 Å². The van der Waals surface area contributed by atoms with Crippen molar-refractivity contribution in [1.29, 1.82) is 0 Å². The summed E-state index contributed by atoms with van der Waals surface area (Å²) in [5.74, 6) is 0.625. The lowest BCUT2D eigenvalue weighted by Gasteiger charge is -2.29. The van der Waals surface area contributed by atoms with Gasteiger partial charge in [0.1, 0.15) is 16.9 Å². The molecule has 0 aliphatic carbocycles. The molecule has 154 valence electrons. The number of hydrogen-bond donors (Lipinski definition) is 2. The molecule has 1 unspecified atom stereocenters. The fraction of sp³-hybridized carbons (Fsp3) is 0.400. The van der Waals surface area contributed by atoms with Crippen LogP contribution < -0.4 is 15.4 Å². The van der Waals surface area contributed by atoms with Gasteiger partial charge in [-0.25, -0.2) is 4.79 Å². The number of ether oxygens (including phenoxy) is 2. The van der Waals surface area contributed by atoms with Gasteiger partial charge < -0.3 is 25.0 Å². The number of thiophene rings is 1. The minimum Gasteiger partial charge on any atom is -0.493 e. The Balaban J connectivity index is 1.63. The highest BCUT2D eigenvalue weighted by Crippen LogP contribution is 2.42. The van der Waals surface area contributed by atoms with E-state index in [1.54, 1.807) is 11.8 Å². The molecule has 1 atom stereocenters. The lowest BCUT2D eigenvalue weighted by Crippen LogP contribution is -2.39. The molecule has 0 fully saturated rings. The van der Waals surface area contributed by atoms with Gasteiger partial charge in [-0.05, 0) is 44.0 Å². The third-order valence-electron chi connectivity index (χ3n) is 4.94. The van der Waals surface area contributed by atoms with Gasteiger partial charge in [-0.1, -0.05) is 15.9 Å². The van der Waals surface area contributed by atoms with Crippen LogP contribution in [0.25, 0.3) is 0 Å². The molecule has 7 nitrogen and oxygen atoms in total. The summed E-state index contributed by atoms with van der Waals surface area (Å²) in [6.45, 7) is 5.63. The maximum Gasteiger partial charge on any atom is 0.410 e. The first-order valence-corrected chi connectivity index (χ1v) is 11.2. The summed E-state index contributed by atoms with van der Waals surface area (Å²) in [5, 5.41) is 7.33. The van der Waals surface area contributed by atoms with Crippen molar-refractivity contribution in [3.63, 3.8) is 0 Å². The second-order valence-corrected chi connectivity index (χ2v) is 8.77. The van der Waals surface area contributed by atoms with Crippen molar-refractivity contribution >= 4 is 44.3 Å². The second-order valence-electron chi connectivity index (χ2n) is 6.74. The van der Waals surface area contributed by atoms with Gasteiger partial charge in [0.15, 0.2) is 0 Å². The van der Waals surface area contributed by atoms with Crippen LogP contribution in [0.4, 0.5) is 9.80 Å². The van der Waals surface area contributed by atoms with E-state index in [1.165, 1.54) is 11.3 Å². The molecule has 2 aromatic rings. The highest BCUT2D eigenvalue weighted by molar-refractivity contribution is 9.10. The lowest BCUT2D eigenvalue weighted by atomic mass is 10.0. The molecule has 1 aromatic carbocycles. The zero-order chi connectivity index (χ0) is 20.5. The van der Waals surface area contributed by atoms with E-state index in [1.807, 2.05) is 25.1 Å². The zero-order valence-electron chi connectivity index (χ0n) is 16.2. The van der Waals surface area contributed by atoms with Gasteiger partial charge in [-0.15, -0.1) is 11.3 Å². The van der Waals surface area contributed by atoms with E-state index >= 15 is 0 Å². The molecule has 2 aliphatic heterocycles. The van der Waals surface area contributed by atoms with Gasteiger partial charge in [0.25, 0.3) is 5.91 Å². The number of anilines is 1. The first-order valence-electron chi connectivity index (χ1n) is 9.57. The van der Waals surface area contributed by atoms with Crippen molar-refractivity contribution in [1.82, 2.24) is 10.2 Å². The number of amides is 2. The number of carbonyl (C=O) groups is 2. The Labute approximate surface area is 181 Å². The van der Waals surface area contributed by atoms with Crippen molar-refractivity contribution in [2.75, 3.05) is 25.1 Å². The van der Waals surface area contributed by atoms with Crippen LogP contribution in [0, 0.1) is 0 Å². The second kappa shape index (κ2) is 8.23. The summed E-state index contributed by atoms with van der Waals surface area (Å²) >= 11 is 5.03. The average Bonchev–Trinajstić information content (AvgIpc) is 3.07. The topological polar surface area (TPSA) is 79.9 Å². The largest absolute Gasteiger partial charge is 0.493 e. The zero-order valence-corrected chi connectivity index (χ0v) is 18.6. The molecule has 2 N–H and O–H groups in total. The van der Waals surface area contributed by atoms with Crippen molar-refractivity contribution in [3.05, 3.63) is 44.2 Å². The van der Waals surface area contributed by atoms with Gasteiger partial charge in [0.2, 0.25) is 0 Å². The van der Waals surface area contributed by atoms with Gasteiger partial charge in [0.05, 0.1) is 25.3 Å². The molecule has 3 heterocycles. The van der Waals surface area contributed by atoms with E-state index in [0.717, 1.165) is 31.2 Å². The third-order valence-corrected chi connectivity index (χ3v) is 6.58. The normalized spacial score (nSPS) is 17.7. The van der Waals surface area contributed by atoms with Crippen LogP contribution in [-0.2, 0) is 17.7 Å². The van der Waals surface area contributed by atoms with Gasteiger partial charge >= 0.3 is 6.09 Å². The first kappa shape index (κ1) is 20.0. The molecule has 0 spiro atoms. The number of nitrogens with zero attached hydrogens (tertiary/aromatic N) is 1. The highest BCUT2D eigenvalue weighted by atomic mass is 79.9. The molecule has 0 saturated heterocycles. The maximum absolute atomic E-state index is 13.0. The van der Waals surface area contributed by atoms with Gasteiger partial charge in [-0.2, -0.15) is 0 Å². The Bertz CT molecular complexity index is 961. The average molecular weight is 480 g/mol. The van der Waals surface area contributed by atoms with Crippen LogP contribution in [0.5, 0.6) is 5.75 Å². The fourth-order valence-corrected chi connectivity index (χ4v) is 5.34. The summed E-state index contributed by atoms with van der Waals surface area (Å²) in [5.41, 5.74) is 2.57. The number of hydrogen-bond acceptors (Lipinski definition) is 6. The number of carbonyl (C=O) groups excluding carboxylic acids is 2. The molecular formula is C20H22BrN3O4S. The van der Waals surface area contributed by atoms with E-state index in [9.17, 15) is 9.59 Å². The Kier molecular flexibility index (Phi) is 5.69. The van der Waals surface area contributed by atoms with E-state index in [0.29, 0.717) is 38.3 Å². The maximum atomic E-state index is 13.0. The van der Waals surface area contributed by atoms with Crippen molar-refractivity contribution in [3.8, 4) is 5.75 Å². The molecule has 0 radical (unpaired) electrons. The third kappa shape index (κ3) is 3.81. The van der Waals surface area contributed by atoms with E-state index in [-0.39, 0.29) is 12.0 Å². The summed E-state index contributed by atoms with van der Waals surface area (Å²) in [6, 6.07) is 5.76. The Hall–Kier alpha value is -2.26. The SMILES string of the molecule is CCOC(=O)N1CCc2c(sc3c2C(=O)NC(c2cc(Br)ccc2OCC)N3)C1. The van der Waals surface area contributed by atoms with Crippen LogP contribution in [0.3, 0.4) is 0 Å². The Morgan fingerprint density at radius 1 is 1.31 bits per heavy atom. The van der Waals surface area contributed by atoms with Crippen LogP contribution in [0.2, 0.25) is 0 Å². The molecule has 4 rings (SSSR count). The minimum atomic E-state index is -0.393. The number of halogens is 1. The van der Waals surface area contributed by atoms with E-state index < -0.39 is 6.17 Å². The smallest absolute Gasteiger partial charge is 0.410 e. The van der Waals surface area contributed by atoms with Crippen LogP contribution >= 0.6 is 27.3 Å². The minimum absolute atomic E-state index is 0.103. The van der Waals surface area contributed by atoms with Crippen LogP contribution in [-0.4, -0.2) is 36.7 Å². The number of fused-ring (bicyclic) bond motifs is 3. The molecule has 29 heavy (non-hydrogen) atoms. The molecule has 1 aromatic heterocycles. The standard InChI is InChI=1S/C20H22BrN3O4S/c1-3-27-14-6-5-11(21)9-13(14)17-22-18(25)16-12-7-8-24(20(26)28-4-2)10-15(12)29-19(16)23-17/h5-6,9,17,23H,3-4,7-8,10H2,1-2H3,(H,22,25). The van der Waals surface area contributed by atoms with Crippen LogP contribution in [0.1, 0.15) is 46.4 Å². The van der Waals surface area contributed by atoms with Gasteiger partial charge in [0, 0.05) is 21.5 Å². The van der Waals surface area contributed by atoms with Crippen LogP contribution in [0.15, 0.2) is 22.7 Å². The molecule has 0 bridgehead atoms. The number of rotatable bonds is 4. The number of benzene rings is 1. The predicted molar refractivity (Wildman–Crippen MR) is 115 cm³/mol. The van der Waals surface area contributed by atoms with Crippen molar-refractivity contribution in [2.24, 2.45) is 0 Å². The van der Waals surface area contributed by atoms with E-state index in [4.69, 9.17) is 9.47 Å². The quantitative estimate of drug-likeness (QED) is 0.683. The predicted octanol–water partition coefficient (Wildman–Crippen LogP) is 4.28. The number of nitrogens with one attached hydrogen (secondary N) is 2. The molecule has 0 saturated carbocycles. The Morgan fingerprint density at radius 3 is 2.90 bits per heavy atom. The summed E-state index contributed by atoms with van der Waals surface area (Å²) in [4.78, 5) is 27.8. The lowest BCUT2D eigenvalue weighted by molar-refractivity contribution is 0.0933.